The van der Waals surface area contributed by atoms with Crippen LogP contribution >= 0.6 is 0 Å². The third-order valence-corrected chi connectivity index (χ3v) is 7.72. The molecule has 3 aromatic rings. The summed E-state index contributed by atoms with van der Waals surface area (Å²) in [5.74, 6) is -2.79. The zero-order chi connectivity index (χ0) is 34.8. The molecular weight excluding hydrogens is 622 g/mol. The fourth-order valence-corrected chi connectivity index (χ4v) is 5.49. The van der Waals surface area contributed by atoms with Gasteiger partial charge in [0.25, 0.3) is 5.91 Å². The minimum atomic E-state index is -0.885. The summed E-state index contributed by atoms with van der Waals surface area (Å²) >= 11 is 0. The van der Waals surface area contributed by atoms with Crippen LogP contribution in [0.2, 0.25) is 0 Å². The normalized spacial score (nSPS) is 13.0. The second-order valence-electron chi connectivity index (χ2n) is 12.7. The predicted molar refractivity (Wildman–Crippen MR) is 179 cm³/mol. The Morgan fingerprint density at radius 2 is 1.56 bits per heavy atom. The van der Waals surface area contributed by atoms with Gasteiger partial charge in [-0.2, -0.15) is 0 Å². The number of amides is 4. The summed E-state index contributed by atoms with van der Waals surface area (Å²) < 4.78 is 39.7. The van der Waals surface area contributed by atoms with Gasteiger partial charge in [-0.25, -0.2) is 13.6 Å². The van der Waals surface area contributed by atoms with Gasteiger partial charge in [-0.15, -0.1) is 0 Å². The maximum absolute atomic E-state index is 14.3. The second-order valence-corrected chi connectivity index (χ2v) is 12.7. The van der Waals surface area contributed by atoms with Crippen LogP contribution in [0.25, 0.3) is 0 Å². The van der Waals surface area contributed by atoms with E-state index in [0.29, 0.717) is 23.5 Å². The van der Waals surface area contributed by atoms with Crippen molar-refractivity contribution < 1.29 is 37.4 Å². The van der Waals surface area contributed by atoms with Crippen LogP contribution in [0.4, 0.5) is 30.6 Å². The van der Waals surface area contributed by atoms with E-state index in [2.05, 4.69) is 10.6 Å². The van der Waals surface area contributed by atoms with Gasteiger partial charge in [-0.3, -0.25) is 14.4 Å². The summed E-state index contributed by atoms with van der Waals surface area (Å²) in [7, 11) is 1.25. The van der Waals surface area contributed by atoms with Gasteiger partial charge < -0.3 is 29.9 Å². The van der Waals surface area contributed by atoms with Gasteiger partial charge in [-0.05, 0) is 81.5 Å². The summed E-state index contributed by atoms with van der Waals surface area (Å²) in [5, 5.41) is 5.30. The van der Waals surface area contributed by atoms with Gasteiger partial charge in [0.2, 0.25) is 5.91 Å². The maximum atomic E-state index is 14.3. The Hall–Kier alpha value is -5.00. The highest BCUT2D eigenvalue weighted by Crippen LogP contribution is 2.33. The molecule has 256 valence electrons. The number of nitrogens with zero attached hydrogens (tertiary/aromatic N) is 2. The number of rotatable bonds is 12. The molecule has 12 heteroatoms. The largest absolute Gasteiger partial charge is 0.482 e. The number of hydrogen-bond donors (Lipinski definition) is 2. The van der Waals surface area contributed by atoms with E-state index in [1.165, 1.54) is 18.0 Å². The number of hydrogen-bond acceptors (Lipinski definition) is 6. The molecule has 0 atom stereocenters. The number of halogens is 2. The molecule has 1 aliphatic carbocycles. The first-order valence-corrected chi connectivity index (χ1v) is 15.9. The number of para-hydroxylation sites is 3. The molecule has 10 nitrogen and oxygen atoms in total. The Labute approximate surface area is 279 Å². The summed E-state index contributed by atoms with van der Waals surface area (Å²) in [6.07, 6.45) is 4.01. The molecule has 1 fully saturated rings. The van der Waals surface area contributed by atoms with E-state index >= 15 is 0 Å². The van der Waals surface area contributed by atoms with Crippen LogP contribution in [0.5, 0.6) is 5.75 Å². The van der Waals surface area contributed by atoms with Crippen molar-refractivity contribution in [1.29, 1.82) is 0 Å². The van der Waals surface area contributed by atoms with Crippen LogP contribution in [0, 0.1) is 17.6 Å². The molecule has 0 bridgehead atoms. The van der Waals surface area contributed by atoms with E-state index < -0.39 is 53.3 Å². The number of carbonyl (C=O) groups excluding carboxylic acids is 4. The Morgan fingerprint density at radius 1 is 0.896 bits per heavy atom. The quantitative estimate of drug-likeness (QED) is 0.222. The molecule has 4 amide bonds. The molecular formula is C36H42F2N4O6. The zero-order valence-corrected chi connectivity index (χ0v) is 27.7. The van der Waals surface area contributed by atoms with Crippen molar-refractivity contribution in [2.24, 2.45) is 5.92 Å². The highest BCUT2D eigenvalue weighted by molar-refractivity contribution is 6.00. The van der Waals surface area contributed by atoms with Gasteiger partial charge in [0, 0.05) is 19.3 Å². The van der Waals surface area contributed by atoms with Gasteiger partial charge in [-0.1, -0.05) is 43.2 Å². The molecule has 1 saturated carbocycles. The third-order valence-electron chi connectivity index (χ3n) is 7.72. The SMILES string of the molecule is CN(C(=O)COc1ccccc1N(CC1CCCC1)C(=O)CNC(=O)Nc1cccc(CC(=O)OC(C)(C)C)c1)c1c(F)cccc1F. The van der Waals surface area contributed by atoms with Crippen LogP contribution in [0.3, 0.4) is 0 Å². The molecule has 2 N–H and O–H groups in total. The van der Waals surface area contributed by atoms with Crippen molar-refractivity contribution in [2.45, 2.75) is 58.5 Å². The molecule has 4 rings (SSSR count). The fourth-order valence-electron chi connectivity index (χ4n) is 5.49. The Bertz CT molecular complexity index is 1600. The monoisotopic (exact) mass is 664 g/mol. The molecule has 0 heterocycles. The number of likely N-dealkylation sites (N-methyl/N-ethyl adjacent to an activating group) is 1. The fraction of sp³-hybridized carbons (Fsp3) is 0.389. The maximum Gasteiger partial charge on any atom is 0.319 e. The summed E-state index contributed by atoms with van der Waals surface area (Å²) in [6, 6.07) is 16.2. The number of benzene rings is 3. The smallest absolute Gasteiger partial charge is 0.319 e. The van der Waals surface area contributed by atoms with E-state index in [1.54, 1.807) is 69.3 Å². The zero-order valence-electron chi connectivity index (χ0n) is 27.7. The molecule has 0 aliphatic heterocycles. The second kappa shape index (κ2) is 16.2. The first-order chi connectivity index (χ1) is 22.8. The Balaban J connectivity index is 1.42. The lowest BCUT2D eigenvalue weighted by molar-refractivity contribution is -0.153. The van der Waals surface area contributed by atoms with Crippen LogP contribution in [0.15, 0.2) is 66.7 Å². The molecule has 0 radical (unpaired) electrons. The molecule has 0 aromatic heterocycles. The van der Waals surface area contributed by atoms with Crippen molar-refractivity contribution in [2.75, 3.05) is 41.9 Å². The standard InChI is InChI=1S/C36H42F2N4O6/c1-36(2,3)48-33(45)20-25-13-9-14-26(19-25)40-35(46)39-21-31(43)42(22-24-11-5-6-12-24)29-17-7-8-18-30(29)47-23-32(44)41(4)34-27(37)15-10-16-28(34)38/h7-10,13-19,24H,5-6,11-12,20-23H2,1-4H3,(H2,39,40,46). The van der Waals surface area contributed by atoms with Gasteiger partial charge in [0.1, 0.15) is 28.7 Å². The average molecular weight is 665 g/mol. The first kappa shape index (κ1) is 35.8. The summed E-state index contributed by atoms with van der Waals surface area (Å²) in [4.78, 5) is 54.0. The minimum Gasteiger partial charge on any atom is -0.482 e. The van der Waals surface area contributed by atoms with E-state index in [9.17, 15) is 28.0 Å². The lowest BCUT2D eigenvalue weighted by atomic mass is 10.1. The van der Waals surface area contributed by atoms with Crippen molar-refractivity contribution in [1.82, 2.24) is 5.32 Å². The summed E-state index contributed by atoms with van der Waals surface area (Å²) in [6.45, 7) is 4.86. The van der Waals surface area contributed by atoms with Crippen LogP contribution in [-0.2, 0) is 25.5 Å². The van der Waals surface area contributed by atoms with Crippen molar-refractivity contribution in [3.05, 3.63) is 83.9 Å². The number of nitrogens with one attached hydrogen (secondary N) is 2. The Morgan fingerprint density at radius 3 is 2.25 bits per heavy atom. The number of ether oxygens (including phenoxy) is 2. The van der Waals surface area contributed by atoms with E-state index in [4.69, 9.17) is 9.47 Å². The van der Waals surface area contributed by atoms with Crippen LogP contribution in [0.1, 0.15) is 52.0 Å². The first-order valence-electron chi connectivity index (χ1n) is 15.9. The molecule has 3 aromatic carbocycles. The predicted octanol–water partition coefficient (Wildman–Crippen LogP) is 6.24. The molecule has 1 aliphatic rings. The topological polar surface area (TPSA) is 117 Å². The third kappa shape index (κ3) is 10.2. The lowest BCUT2D eigenvalue weighted by Crippen LogP contribution is -2.43. The van der Waals surface area contributed by atoms with Crippen molar-refractivity contribution in [3.8, 4) is 5.75 Å². The van der Waals surface area contributed by atoms with E-state index in [-0.39, 0.29) is 24.6 Å². The molecule has 48 heavy (non-hydrogen) atoms. The number of esters is 1. The molecule has 0 saturated heterocycles. The highest BCUT2D eigenvalue weighted by atomic mass is 19.1. The number of carbonyl (C=O) groups is 4. The molecule has 0 spiro atoms. The van der Waals surface area contributed by atoms with E-state index in [0.717, 1.165) is 42.7 Å². The highest BCUT2D eigenvalue weighted by Gasteiger charge is 2.27. The van der Waals surface area contributed by atoms with Gasteiger partial charge in [0.05, 0.1) is 18.7 Å². The van der Waals surface area contributed by atoms with Gasteiger partial charge >= 0.3 is 12.0 Å². The van der Waals surface area contributed by atoms with Crippen molar-refractivity contribution >= 4 is 40.9 Å². The van der Waals surface area contributed by atoms with Crippen molar-refractivity contribution in [3.63, 3.8) is 0 Å². The minimum absolute atomic E-state index is 0.0341. The van der Waals surface area contributed by atoms with Crippen LogP contribution in [-0.4, -0.2) is 56.2 Å². The molecule has 0 unspecified atom stereocenters. The number of urea groups is 1. The number of anilines is 3. The Kier molecular flexibility index (Phi) is 12.1. The average Bonchev–Trinajstić information content (AvgIpc) is 3.54. The van der Waals surface area contributed by atoms with E-state index in [1.807, 2.05) is 0 Å². The van der Waals surface area contributed by atoms with Gasteiger partial charge in [0.15, 0.2) is 6.61 Å². The van der Waals surface area contributed by atoms with Crippen LogP contribution < -0.4 is 25.2 Å². The summed E-state index contributed by atoms with van der Waals surface area (Å²) in [5.41, 5.74) is 0.388. The lowest BCUT2D eigenvalue weighted by Gasteiger charge is -2.28.